The topological polar surface area (TPSA) is 64.6 Å². The summed E-state index contributed by atoms with van der Waals surface area (Å²) >= 11 is 9.28. The van der Waals surface area contributed by atoms with Crippen LogP contribution in [0.25, 0.3) is 0 Å². The first-order valence-electron chi connectivity index (χ1n) is 9.19. The number of halogens is 2. The minimum Gasteiger partial charge on any atom is -0.490 e. The van der Waals surface area contributed by atoms with Crippen LogP contribution in [-0.4, -0.2) is 86.4 Å². The molecule has 28 heavy (non-hydrogen) atoms. The summed E-state index contributed by atoms with van der Waals surface area (Å²) < 4.78 is 38.2. The zero-order valence-corrected chi connectivity index (χ0v) is 18.7. The van der Waals surface area contributed by atoms with Crippen molar-refractivity contribution in [2.75, 3.05) is 86.4 Å². The third-order valence-corrected chi connectivity index (χ3v) is 4.15. The Balaban J connectivity index is 1.76. The van der Waals surface area contributed by atoms with Gasteiger partial charge in [0.15, 0.2) is 0 Å². The normalized spacial score (nSPS) is 11.1. The van der Waals surface area contributed by atoms with Gasteiger partial charge in [0.1, 0.15) is 12.4 Å². The molecule has 1 rings (SSSR count). The molecule has 0 heterocycles. The molecular formula is C19H30BrClO7. The molecule has 0 aromatic heterocycles. The van der Waals surface area contributed by atoms with Crippen molar-refractivity contribution < 1.29 is 33.2 Å². The first-order chi connectivity index (χ1) is 13.7. The van der Waals surface area contributed by atoms with E-state index in [1.807, 2.05) is 6.07 Å². The minimum absolute atomic E-state index is 0.459. The first kappa shape index (κ1) is 25.6. The van der Waals surface area contributed by atoms with Crippen molar-refractivity contribution in [3.8, 4) is 5.75 Å². The van der Waals surface area contributed by atoms with Crippen molar-refractivity contribution >= 4 is 27.5 Å². The van der Waals surface area contributed by atoms with E-state index in [1.165, 1.54) is 0 Å². The van der Waals surface area contributed by atoms with Crippen LogP contribution in [0.4, 0.5) is 0 Å². The van der Waals surface area contributed by atoms with Gasteiger partial charge in [-0.15, -0.1) is 0 Å². The predicted molar refractivity (Wildman–Crippen MR) is 111 cm³/mol. The van der Waals surface area contributed by atoms with Gasteiger partial charge < -0.3 is 33.2 Å². The Kier molecular flexibility index (Phi) is 17.0. The summed E-state index contributed by atoms with van der Waals surface area (Å²) in [5, 5.41) is 0.660. The van der Waals surface area contributed by atoms with Crippen molar-refractivity contribution in [2.45, 2.75) is 0 Å². The van der Waals surface area contributed by atoms with Gasteiger partial charge in [0.2, 0.25) is 0 Å². The van der Waals surface area contributed by atoms with E-state index in [2.05, 4.69) is 15.9 Å². The number of ether oxygens (including phenoxy) is 7. The van der Waals surface area contributed by atoms with Crippen LogP contribution in [0.5, 0.6) is 5.75 Å². The Morgan fingerprint density at radius 1 is 0.679 bits per heavy atom. The van der Waals surface area contributed by atoms with E-state index in [0.29, 0.717) is 84.3 Å². The van der Waals surface area contributed by atoms with Crippen LogP contribution < -0.4 is 4.74 Å². The average Bonchev–Trinajstić information content (AvgIpc) is 2.68. The summed E-state index contributed by atoms with van der Waals surface area (Å²) in [7, 11) is 1.65. The van der Waals surface area contributed by atoms with Gasteiger partial charge in [-0.1, -0.05) is 11.6 Å². The van der Waals surface area contributed by atoms with Gasteiger partial charge in [-0.25, -0.2) is 0 Å². The summed E-state index contributed by atoms with van der Waals surface area (Å²) in [5.74, 6) is 0.740. The summed E-state index contributed by atoms with van der Waals surface area (Å²) in [6.45, 7) is 6.42. The molecule has 1 aromatic rings. The zero-order chi connectivity index (χ0) is 20.3. The summed E-state index contributed by atoms with van der Waals surface area (Å²) in [4.78, 5) is 0. The standard InChI is InChI=1S/C19H30BrClO7/c1-22-4-5-23-6-7-24-8-9-25-10-11-26-12-13-27-14-15-28-19-3-2-17(21)16-18(19)20/h2-3,16H,4-15H2,1H3. The van der Waals surface area contributed by atoms with Gasteiger partial charge in [0.25, 0.3) is 0 Å². The van der Waals surface area contributed by atoms with Gasteiger partial charge in [-0.3, -0.25) is 0 Å². The second-order valence-electron chi connectivity index (χ2n) is 5.48. The highest BCUT2D eigenvalue weighted by Crippen LogP contribution is 2.27. The van der Waals surface area contributed by atoms with Gasteiger partial charge in [0, 0.05) is 12.1 Å². The molecule has 0 N–H and O–H groups in total. The van der Waals surface area contributed by atoms with Crippen molar-refractivity contribution in [3.63, 3.8) is 0 Å². The lowest BCUT2D eigenvalue weighted by Gasteiger charge is -2.09. The first-order valence-corrected chi connectivity index (χ1v) is 10.4. The Morgan fingerprint density at radius 3 is 1.54 bits per heavy atom. The van der Waals surface area contributed by atoms with Gasteiger partial charge in [0.05, 0.1) is 77.1 Å². The van der Waals surface area contributed by atoms with E-state index >= 15 is 0 Å². The molecule has 0 atom stereocenters. The molecular weight excluding hydrogens is 456 g/mol. The van der Waals surface area contributed by atoms with Crippen LogP contribution in [0.15, 0.2) is 22.7 Å². The molecule has 0 radical (unpaired) electrons. The number of benzene rings is 1. The molecule has 0 amide bonds. The molecule has 0 spiro atoms. The molecule has 0 bridgehead atoms. The van der Waals surface area contributed by atoms with Crippen LogP contribution >= 0.6 is 27.5 Å². The van der Waals surface area contributed by atoms with E-state index in [1.54, 1.807) is 19.2 Å². The smallest absolute Gasteiger partial charge is 0.133 e. The Morgan fingerprint density at radius 2 is 1.11 bits per heavy atom. The highest BCUT2D eigenvalue weighted by atomic mass is 79.9. The molecule has 0 saturated carbocycles. The Bertz CT molecular complexity index is 493. The SMILES string of the molecule is COCCOCCOCCOCCOCCOCCOc1ccc(Cl)cc1Br. The Hall–Kier alpha value is -0.450. The van der Waals surface area contributed by atoms with E-state index in [-0.39, 0.29) is 0 Å². The third-order valence-electron chi connectivity index (χ3n) is 3.30. The molecule has 9 heteroatoms. The number of hydrogen-bond acceptors (Lipinski definition) is 7. The largest absolute Gasteiger partial charge is 0.490 e. The molecule has 0 aliphatic heterocycles. The summed E-state index contributed by atoms with van der Waals surface area (Å²) in [5.41, 5.74) is 0. The monoisotopic (exact) mass is 484 g/mol. The summed E-state index contributed by atoms with van der Waals surface area (Å²) in [6.07, 6.45) is 0. The molecule has 1 aromatic carbocycles. The van der Waals surface area contributed by atoms with Crippen LogP contribution in [0.3, 0.4) is 0 Å². The van der Waals surface area contributed by atoms with Crippen LogP contribution in [0.1, 0.15) is 0 Å². The fourth-order valence-electron chi connectivity index (χ4n) is 1.93. The van der Waals surface area contributed by atoms with E-state index in [4.69, 9.17) is 44.8 Å². The number of hydrogen-bond donors (Lipinski definition) is 0. The fourth-order valence-corrected chi connectivity index (χ4v) is 2.72. The maximum absolute atomic E-state index is 5.88. The molecule has 0 aliphatic carbocycles. The minimum atomic E-state index is 0.459. The lowest BCUT2D eigenvalue weighted by atomic mass is 10.3. The number of methoxy groups -OCH3 is 1. The highest BCUT2D eigenvalue weighted by molar-refractivity contribution is 9.10. The van der Waals surface area contributed by atoms with E-state index in [9.17, 15) is 0 Å². The maximum Gasteiger partial charge on any atom is 0.133 e. The van der Waals surface area contributed by atoms with Crippen molar-refractivity contribution in [1.29, 1.82) is 0 Å². The van der Waals surface area contributed by atoms with Crippen molar-refractivity contribution in [2.24, 2.45) is 0 Å². The van der Waals surface area contributed by atoms with Crippen LogP contribution in [0, 0.1) is 0 Å². The average molecular weight is 486 g/mol. The molecule has 162 valence electrons. The zero-order valence-electron chi connectivity index (χ0n) is 16.3. The van der Waals surface area contributed by atoms with Crippen LogP contribution in [-0.2, 0) is 28.4 Å². The molecule has 0 aliphatic rings. The maximum atomic E-state index is 5.88. The molecule has 0 fully saturated rings. The van der Waals surface area contributed by atoms with Gasteiger partial charge in [-0.2, -0.15) is 0 Å². The predicted octanol–water partition coefficient (Wildman–Crippen LogP) is 3.21. The van der Waals surface area contributed by atoms with E-state index in [0.717, 1.165) is 10.2 Å². The Labute approximate surface area is 180 Å². The van der Waals surface area contributed by atoms with Crippen molar-refractivity contribution in [3.05, 3.63) is 27.7 Å². The molecule has 0 saturated heterocycles. The van der Waals surface area contributed by atoms with Crippen molar-refractivity contribution in [1.82, 2.24) is 0 Å². The second-order valence-corrected chi connectivity index (χ2v) is 6.77. The van der Waals surface area contributed by atoms with E-state index < -0.39 is 0 Å². The third kappa shape index (κ3) is 14.5. The summed E-state index contributed by atoms with van der Waals surface area (Å²) in [6, 6.07) is 5.39. The molecule has 7 nitrogen and oxygen atoms in total. The lowest BCUT2D eigenvalue weighted by Crippen LogP contribution is -2.14. The number of rotatable bonds is 19. The fraction of sp³-hybridized carbons (Fsp3) is 0.684. The molecule has 0 unspecified atom stereocenters. The quantitative estimate of drug-likeness (QED) is 0.279. The second kappa shape index (κ2) is 18.6. The lowest BCUT2D eigenvalue weighted by molar-refractivity contribution is -0.0159. The highest BCUT2D eigenvalue weighted by Gasteiger charge is 2.01. The van der Waals surface area contributed by atoms with Crippen LogP contribution in [0.2, 0.25) is 5.02 Å². The van der Waals surface area contributed by atoms with Gasteiger partial charge >= 0.3 is 0 Å². The van der Waals surface area contributed by atoms with Gasteiger partial charge in [-0.05, 0) is 34.1 Å².